The van der Waals surface area contributed by atoms with Gasteiger partial charge in [0.15, 0.2) is 0 Å². The molecule has 8 nitrogen and oxygen atoms in total. The summed E-state index contributed by atoms with van der Waals surface area (Å²) in [6, 6.07) is 0. The van der Waals surface area contributed by atoms with E-state index in [1.54, 1.807) is 0 Å². The van der Waals surface area contributed by atoms with Gasteiger partial charge in [-0.05, 0) is 97.7 Å². The zero-order chi connectivity index (χ0) is 24.1. The van der Waals surface area contributed by atoms with Crippen LogP contribution in [0.1, 0.15) is 78.6 Å². The molecule has 0 aromatic rings. The van der Waals surface area contributed by atoms with Crippen LogP contribution in [0.25, 0.3) is 0 Å². The second-order valence-electron chi connectivity index (χ2n) is 12.2. The number of amides is 1. The van der Waals surface area contributed by atoms with E-state index in [0.29, 0.717) is 25.2 Å². The number of carboxylic acid groups (broad SMARTS) is 1. The Morgan fingerprint density at radius 3 is 2.41 bits per heavy atom. The van der Waals surface area contributed by atoms with Crippen LogP contribution >= 0.6 is 0 Å². The van der Waals surface area contributed by atoms with E-state index >= 15 is 0 Å². The summed E-state index contributed by atoms with van der Waals surface area (Å²) >= 11 is 0. The van der Waals surface area contributed by atoms with Gasteiger partial charge in [-0.15, -0.1) is 0 Å². The molecule has 11 atom stereocenters. The molecular weight excluding hydrogens is 438 g/mol. The molecule has 0 saturated heterocycles. The van der Waals surface area contributed by atoms with Crippen LogP contribution in [0.2, 0.25) is 0 Å². The molecule has 9 unspecified atom stereocenters. The van der Waals surface area contributed by atoms with Crippen molar-refractivity contribution in [3.8, 4) is 0 Å². The van der Waals surface area contributed by atoms with Crippen LogP contribution in [0, 0.1) is 46.3 Å². The number of aliphatic carboxylic acids is 1. The van der Waals surface area contributed by atoms with E-state index < -0.39 is 12.1 Å². The molecule has 4 fully saturated rings. The maximum Gasteiger partial charge on any atom is 0.322 e. The molecule has 4 saturated carbocycles. The standard InChI is InChI=1S/C26H43NO6.H2O/c1-14(4-7-22(31)27-13-23(32)33)17-5-6-18-24-19(12-21(30)26(17,18)3)25(2)9-8-16(28)10-15(25)11-20(24)29;/h14-21,24,28-30H,4-13H2,1-3H3,(H,27,31)(H,32,33);1H2/t14?,15?,16?,17?,18?,19?,20?,21?,24?,25-,26+;/m0./s1. The summed E-state index contributed by atoms with van der Waals surface area (Å²) in [5.74, 6) is 0.265. The summed E-state index contributed by atoms with van der Waals surface area (Å²) < 4.78 is 0. The van der Waals surface area contributed by atoms with Gasteiger partial charge in [0, 0.05) is 6.42 Å². The fourth-order valence-corrected chi connectivity index (χ4v) is 8.95. The average molecular weight is 484 g/mol. The zero-order valence-electron chi connectivity index (χ0n) is 20.9. The third-order valence-corrected chi connectivity index (χ3v) is 10.8. The van der Waals surface area contributed by atoms with Crippen molar-refractivity contribution < 1.29 is 35.5 Å². The van der Waals surface area contributed by atoms with Crippen LogP contribution in [-0.4, -0.2) is 62.6 Å². The molecule has 0 heterocycles. The normalized spacial score (nSPS) is 46.3. The molecule has 0 aromatic carbocycles. The molecule has 1 amide bonds. The number of aliphatic hydroxyl groups is 3. The van der Waals surface area contributed by atoms with Crippen molar-refractivity contribution >= 4 is 11.9 Å². The van der Waals surface area contributed by atoms with E-state index in [9.17, 15) is 24.9 Å². The van der Waals surface area contributed by atoms with Crippen molar-refractivity contribution in [1.29, 1.82) is 0 Å². The highest BCUT2D eigenvalue weighted by Crippen LogP contribution is 2.68. The van der Waals surface area contributed by atoms with Crippen molar-refractivity contribution in [3.63, 3.8) is 0 Å². The Bertz CT molecular complexity index is 761. The maximum absolute atomic E-state index is 12.0. The van der Waals surface area contributed by atoms with Crippen molar-refractivity contribution in [2.24, 2.45) is 46.3 Å². The molecule has 4 aliphatic carbocycles. The van der Waals surface area contributed by atoms with E-state index in [4.69, 9.17) is 5.11 Å². The lowest BCUT2D eigenvalue weighted by atomic mass is 9.43. The van der Waals surface area contributed by atoms with Crippen molar-refractivity contribution in [3.05, 3.63) is 0 Å². The minimum atomic E-state index is -1.04. The summed E-state index contributed by atoms with van der Waals surface area (Å²) in [5.41, 5.74) is -0.214. The summed E-state index contributed by atoms with van der Waals surface area (Å²) in [6.07, 6.45) is 5.86. The number of carbonyl (C=O) groups excluding carboxylic acids is 1. The molecule has 4 rings (SSSR count). The van der Waals surface area contributed by atoms with E-state index in [2.05, 4.69) is 26.1 Å². The highest BCUT2D eigenvalue weighted by atomic mass is 16.4. The van der Waals surface area contributed by atoms with Gasteiger partial charge < -0.3 is 31.2 Å². The molecule has 0 radical (unpaired) electrons. The zero-order valence-corrected chi connectivity index (χ0v) is 20.9. The van der Waals surface area contributed by atoms with Crippen LogP contribution in [0.15, 0.2) is 0 Å². The quantitative estimate of drug-likeness (QED) is 0.387. The SMILES string of the molecule is CC(CCC(=O)NCC(=O)O)C1CCC2C3C(O)CC4CC(O)CC[C@]4(C)C3CC(O)[C@]12C.O. The number of hydrogen-bond acceptors (Lipinski definition) is 5. The second kappa shape index (κ2) is 10.0. The Balaban J connectivity index is 0.00000324. The summed E-state index contributed by atoms with van der Waals surface area (Å²) in [7, 11) is 0. The molecular formula is C26H45NO7. The van der Waals surface area contributed by atoms with Gasteiger partial charge in [-0.3, -0.25) is 9.59 Å². The lowest BCUT2D eigenvalue weighted by Crippen LogP contribution is -2.62. The summed E-state index contributed by atoms with van der Waals surface area (Å²) in [4.78, 5) is 22.7. The minimum absolute atomic E-state index is 0. The lowest BCUT2D eigenvalue weighted by molar-refractivity contribution is -0.207. The third kappa shape index (κ3) is 4.51. The molecule has 196 valence electrons. The first-order valence-corrected chi connectivity index (χ1v) is 13.0. The van der Waals surface area contributed by atoms with E-state index in [-0.39, 0.29) is 70.6 Å². The average Bonchev–Trinajstić information content (AvgIpc) is 3.11. The number of carbonyl (C=O) groups is 2. The first-order valence-electron chi connectivity index (χ1n) is 13.0. The molecule has 0 aliphatic heterocycles. The Morgan fingerprint density at radius 2 is 1.74 bits per heavy atom. The molecule has 7 N–H and O–H groups in total. The number of nitrogens with one attached hydrogen (secondary N) is 1. The van der Waals surface area contributed by atoms with E-state index in [0.717, 1.165) is 38.5 Å². The van der Waals surface area contributed by atoms with Gasteiger partial charge in [-0.2, -0.15) is 0 Å². The Morgan fingerprint density at radius 1 is 1.03 bits per heavy atom. The van der Waals surface area contributed by atoms with Gasteiger partial charge in [0.2, 0.25) is 5.91 Å². The smallest absolute Gasteiger partial charge is 0.322 e. The van der Waals surface area contributed by atoms with Crippen LogP contribution in [0.5, 0.6) is 0 Å². The molecule has 0 bridgehead atoms. The Kier molecular flexibility index (Phi) is 8.08. The number of carboxylic acids is 1. The van der Waals surface area contributed by atoms with Gasteiger partial charge in [0.25, 0.3) is 0 Å². The first kappa shape index (κ1) is 27.4. The molecule has 0 aromatic heterocycles. The molecule has 8 heteroatoms. The highest BCUT2D eigenvalue weighted by molar-refractivity contribution is 5.81. The van der Waals surface area contributed by atoms with Gasteiger partial charge in [-0.1, -0.05) is 20.8 Å². The van der Waals surface area contributed by atoms with E-state index in [1.807, 2.05) is 0 Å². The maximum atomic E-state index is 12.0. The van der Waals surface area contributed by atoms with Crippen molar-refractivity contribution in [2.45, 2.75) is 96.9 Å². The molecule has 34 heavy (non-hydrogen) atoms. The highest BCUT2D eigenvalue weighted by Gasteiger charge is 2.65. The predicted molar refractivity (Wildman–Crippen MR) is 127 cm³/mol. The summed E-state index contributed by atoms with van der Waals surface area (Å²) in [6.45, 7) is 6.35. The van der Waals surface area contributed by atoms with Crippen LogP contribution in [-0.2, 0) is 9.59 Å². The Labute approximate surface area is 202 Å². The minimum Gasteiger partial charge on any atom is -0.480 e. The fraction of sp³-hybridized carbons (Fsp3) is 0.923. The van der Waals surface area contributed by atoms with Gasteiger partial charge in [-0.25, -0.2) is 0 Å². The van der Waals surface area contributed by atoms with Crippen LogP contribution in [0.3, 0.4) is 0 Å². The second-order valence-corrected chi connectivity index (χ2v) is 12.2. The molecule has 4 aliphatic rings. The topological polar surface area (TPSA) is 159 Å². The monoisotopic (exact) mass is 483 g/mol. The molecule has 0 spiro atoms. The third-order valence-electron chi connectivity index (χ3n) is 10.8. The lowest BCUT2D eigenvalue weighted by Gasteiger charge is -2.63. The Hall–Kier alpha value is -1.22. The van der Waals surface area contributed by atoms with Gasteiger partial charge >= 0.3 is 5.97 Å². The van der Waals surface area contributed by atoms with Gasteiger partial charge in [0.05, 0.1) is 18.3 Å². The largest absolute Gasteiger partial charge is 0.480 e. The number of fused-ring (bicyclic) bond motifs is 5. The number of rotatable bonds is 6. The van der Waals surface area contributed by atoms with Crippen molar-refractivity contribution in [2.75, 3.05) is 6.54 Å². The van der Waals surface area contributed by atoms with Crippen molar-refractivity contribution in [1.82, 2.24) is 5.32 Å². The first-order chi connectivity index (χ1) is 15.5. The van der Waals surface area contributed by atoms with Crippen LogP contribution in [0.4, 0.5) is 0 Å². The predicted octanol–water partition coefficient (Wildman–Crippen LogP) is 1.74. The summed E-state index contributed by atoms with van der Waals surface area (Å²) in [5, 5.41) is 44.4. The van der Waals surface area contributed by atoms with E-state index in [1.165, 1.54) is 0 Å². The number of hydrogen-bond donors (Lipinski definition) is 5. The fourth-order valence-electron chi connectivity index (χ4n) is 8.95. The van der Waals surface area contributed by atoms with Gasteiger partial charge in [0.1, 0.15) is 6.54 Å². The number of aliphatic hydroxyl groups excluding tert-OH is 3. The van der Waals surface area contributed by atoms with Crippen LogP contribution < -0.4 is 5.32 Å².